The predicted molar refractivity (Wildman–Crippen MR) is 93.6 cm³/mol. The number of nitrogens with one attached hydrogen (secondary N) is 1. The molecule has 5 heteroatoms. The Labute approximate surface area is 140 Å². The third kappa shape index (κ3) is 6.67. The van der Waals surface area contributed by atoms with Crippen LogP contribution in [0.1, 0.15) is 39.2 Å². The molecule has 0 bridgehead atoms. The molecule has 0 radical (unpaired) electrons. The molecule has 1 rings (SSSR count). The van der Waals surface area contributed by atoms with E-state index in [9.17, 15) is 4.79 Å². The third-order valence-electron chi connectivity index (χ3n) is 3.97. The highest BCUT2D eigenvalue weighted by Gasteiger charge is 2.20. The fourth-order valence-corrected chi connectivity index (χ4v) is 2.10. The number of hydrogen-bond donors (Lipinski definition) is 2. The number of amides is 1. The van der Waals surface area contributed by atoms with Crippen LogP contribution in [0.2, 0.25) is 0 Å². The van der Waals surface area contributed by atoms with Gasteiger partial charge in [0.1, 0.15) is 5.75 Å². The molecule has 4 nitrogen and oxygen atoms in total. The van der Waals surface area contributed by atoms with Gasteiger partial charge in [0.15, 0.2) is 0 Å². The summed E-state index contributed by atoms with van der Waals surface area (Å²) in [6, 6.07) is 7.72. The van der Waals surface area contributed by atoms with Crippen molar-refractivity contribution in [3.63, 3.8) is 0 Å². The Bertz CT molecular complexity index is 437. The lowest BCUT2D eigenvalue weighted by Gasteiger charge is -2.21. The van der Waals surface area contributed by atoms with E-state index in [1.165, 1.54) is 5.56 Å². The molecule has 126 valence electrons. The number of methoxy groups -OCH3 is 1. The summed E-state index contributed by atoms with van der Waals surface area (Å²) in [6.07, 6.45) is 2.73. The molecule has 0 aliphatic rings. The minimum Gasteiger partial charge on any atom is -0.497 e. The fourth-order valence-electron chi connectivity index (χ4n) is 2.10. The zero-order valence-corrected chi connectivity index (χ0v) is 14.8. The summed E-state index contributed by atoms with van der Waals surface area (Å²) in [7, 11) is 1.66. The maximum atomic E-state index is 12.0. The van der Waals surface area contributed by atoms with Gasteiger partial charge in [0, 0.05) is 6.04 Å². The van der Waals surface area contributed by atoms with Crippen molar-refractivity contribution < 1.29 is 9.53 Å². The first-order valence-corrected chi connectivity index (χ1v) is 7.66. The van der Waals surface area contributed by atoms with Crippen LogP contribution in [0.4, 0.5) is 0 Å². The monoisotopic (exact) mass is 328 g/mol. The molecule has 3 atom stereocenters. The second-order valence-electron chi connectivity index (χ2n) is 5.71. The summed E-state index contributed by atoms with van der Waals surface area (Å²) in [4.78, 5) is 12.0. The Hall–Kier alpha value is -1.26. The lowest BCUT2D eigenvalue weighted by Crippen LogP contribution is -2.47. The molecule has 3 unspecified atom stereocenters. The summed E-state index contributed by atoms with van der Waals surface area (Å²) >= 11 is 0. The van der Waals surface area contributed by atoms with Crippen LogP contribution in [-0.4, -0.2) is 25.1 Å². The summed E-state index contributed by atoms with van der Waals surface area (Å²) < 4.78 is 5.14. The standard InChI is InChI=1S/C17H28N2O2.ClH/c1-5-12(2)16(18)17(20)19-13(3)6-7-14-8-10-15(21-4)11-9-14;/h8-13,16H,5-7,18H2,1-4H3,(H,19,20);1H. The van der Waals surface area contributed by atoms with Crippen molar-refractivity contribution in [3.8, 4) is 5.75 Å². The van der Waals surface area contributed by atoms with E-state index in [0.29, 0.717) is 0 Å². The van der Waals surface area contributed by atoms with Crippen LogP contribution in [0.5, 0.6) is 5.75 Å². The minimum atomic E-state index is -0.418. The van der Waals surface area contributed by atoms with Crippen LogP contribution in [0.3, 0.4) is 0 Å². The molecule has 0 saturated carbocycles. The highest BCUT2D eigenvalue weighted by Crippen LogP contribution is 2.13. The second-order valence-corrected chi connectivity index (χ2v) is 5.71. The average Bonchev–Trinajstić information content (AvgIpc) is 2.51. The number of aryl methyl sites for hydroxylation is 1. The van der Waals surface area contributed by atoms with Crippen molar-refractivity contribution in [1.82, 2.24) is 5.32 Å². The van der Waals surface area contributed by atoms with Gasteiger partial charge in [0.2, 0.25) is 5.91 Å². The van der Waals surface area contributed by atoms with Crippen molar-refractivity contribution in [2.24, 2.45) is 11.7 Å². The first-order valence-electron chi connectivity index (χ1n) is 7.66. The first kappa shape index (κ1) is 20.7. The van der Waals surface area contributed by atoms with Crippen molar-refractivity contribution in [3.05, 3.63) is 29.8 Å². The van der Waals surface area contributed by atoms with Gasteiger partial charge in [-0.1, -0.05) is 32.4 Å². The summed E-state index contributed by atoms with van der Waals surface area (Å²) in [5.41, 5.74) is 7.17. The topological polar surface area (TPSA) is 64.4 Å². The van der Waals surface area contributed by atoms with Crippen molar-refractivity contribution >= 4 is 18.3 Å². The van der Waals surface area contributed by atoms with Gasteiger partial charge < -0.3 is 15.8 Å². The maximum absolute atomic E-state index is 12.0. The second kappa shape index (κ2) is 10.5. The van der Waals surface area contributed by atoms with Crippen molar-refractivity contribution in [2.45, 2.75) is 52.1 Å². The Morgan fingerprint density at radius 3 is 2.36 bits per heavy atom. The number of carbonyl (C=O) groups excluding carboxylic acids is 1. The number of carbonyl (C=O) groups is 1. The molecule has 1 aromatic rings. The molecule has 0 aliphatic heterocycles. The molecule has 0 spiro atoms. The zero-order valence-electron chi connectivity index (χ0n) is 14.0. The molecule has 22 heavy (non-hydrogen) atoms. The lowest BCUT2D eigenvalue weighted by molar-refractivity contribution is -0.124. The van der Waals surface area contributed by atoms with Crippen LogP contribution in [-0.2, 0) is 11.2 Å². The molecule has 0 aliphatic carbocycles. The Kier molecular flexibility index (Phi) is 9.86. The van der Waals surface area contributed by atoms with Gasteiger partial charge in [0.25, 0.3) is 0 Å². The summed E-state index contributed by atoms with van der Waals surface area (Å²) in [5, 5.41) is 3.00. The van der Waals surface area contributed by atoms with Crippen LogP contribution in [0.15, 0.2) is 24.3 Å². The van der Waals surface area contributed by atoms with E-state index in [-0.39, 0.29) is 30.3 Å². The van der Waals surface area contributed by atoms with E-state index < -0.39 is 6.04 Å². The molecule has 0 heterocycles. The van der Waals surface area contributed by atoms with E-state index in [2.05, 4.69) is 17.4 Å². The highest BCUT2D eigenvalue weighted by molar-refractivity contribution is 5.85. The molecular formula is C17H29ClN2O2. The van der Waals surface area contributed by atoms with Gasteiger partial charge in [-0.05, 0) is 43.4 Å². The SMILES string of the molecule is CCC(C)C(N)C(=O)NC(C)CCc1ccc(OC)cc1.Cl. The number of hydrogen-bond acceptors (Lipinski definition) is 3. The van der Waals surface area contributed by atoms with Gasteiger partial charge in [-0.25, -0.2) is 0 Å². The smallest absolute Gasteiger partial charge is 0.237 e. The first-order chi connectivity index (χ1) is 9.97. The molecule has 0 aromatic heterocycles. The van der Waals surface area contributed by atoms with Gasteiger partial charge in [-0.15, -0.1) is 12.4 Å². The van der Waals surface area contributed by atoms with Crippen LogP contribution < -0.4 is 15.8 Å². The Balaban J connectivity index is 0.00000441. The number of ether oxygens (including phenoxy) is 1. The number of rotatable bonds is 8. The lowest BCUT2D eigenvalue weighted by atomic mass is 9.98. The largest absolute Gasteiger partial charge is 0.497 e. The van der Waals surface area contributed by atoms with E-state index in [1.54, 1.807) is 7.11 Å². The van der Waals surface area contributed by atoms with Crippen LogP contribution in [0.25, 0.3) is 0 Å². The predicted octanol–water partition coefficient (Wildman–Crippen LogP) is 2.93. The fraction of sp³-hybridized carbons (Fsp3) is 0.588. The van der Waals surface area contributed by atoms with Crippen molar-refractivity contribution in [1.29, 1.82) is 0 Å². The Morgan fingerprint density at radius 2 is 1.86 bits per heavy atom. The number of benzene rings is 1. The normalized spacial score (nSPS) is 14.4. The summed E-state index contributed by atoms with van der Waals surface area (Å²) in [5.74, 6) is 1.02. The summed E-state index contributed by atoms with van der Waals surface area (Å²) in [6.45, 7) is 6.07. The quantitative estimate of drug-likeness (QED) is 0.771. The third-order valence-corrected chi connectivity index (χ3v) is 3.97. The zero-order chi connectivity index (χ0) is 15.8. The maximum Gasteiger partial charge on any atom is 0.237 e. The van der Waals surface area contributed by atoms with Gasteiger partial charge >= 0.3 is 0 Å². The molecule has 3 N–H and O–H groups in total. The average molecular weight is 329 g/mol. The van der Waals surface area contributed by atoms with Crippen LogP contribution in [0, 0.1) is 5.92 Å². The molecule has 1 aromatic carbocycles. The number of nitrogens with two attached hydrogens (primary N) is 1. The van der Waals surface area contributed by atoms with Gasteiger partial charge in [-0.2, -0.15) is 0 Å². The van der Waals surface area contributed by atoms with Gasteiger partial charge in [0.05, 0.1) is 13.2 Å². The van der Waals surface area contributed by atoms with E-state index >= 15 is 0 Å². The van der Waals surface area contributed by atoms with E-state index in [0.717, 1.165) is 25.0 Å². The van der Waals surface area contributed by atoms with Crippen molar-refractivity contribution in [2.75, 3.05) is 7.11 Å². The molecule has 0 fully saturated rings. The molecule has 1 amide bonds. The van der Waals surface area contributed by atoms with E-state index in [4.69, 9.17) is 10.5 Å². The Morgan fingerprint density at radius 1 is 1.27 bits per heavy atom. The van der Waals surface area contributed by atoms with Crippen LogP contribution >= 0.6 is 12.4 Å². The minimum absolute atomic E-state index is 0. The molecular weight excluding hydrogens is 300 g/mol. The molecule has 0 saturated heterocycles. The van der Waals surface area contributed by atoms with Gasteiger partial charge in [-0.3, -0.25) is 4.79 Å². The highest BCUT2D eigenvalue weighted by atomic mass is 35.5. The van der Waals surface area contributed by atoms with E-state index in [1.807, 2.05) is 32.9 Å². The number of halogens is 1.